The van der Waals surface area contributed by atoms with Gasteiger partial charge in [0.1, 0.15) is 0 Å². The van der Waals surface area contributed by atoms with Gasteiger partial charge in [-0.25, -0.2) is 19.6 Å². The van der Waals surface area contributed by atoms with Crippen LogP contribution in [-0.2, 0) is 9.59 Å². The van der Waals surface area contributed by atoms with Crippen molar-refractivity contribution in [1.82, 2.24) is 0 Å². The standard InChI is InChI=1S/C6H14.C5H6N2O2/c1-3-5-6-4-2;8-4-6-2-1-3-7-5-9/h3-6H2,1-2H3;1-3H2. The van der Waals surface area contributed by atoms with Gasteiger partial charge >= 0.3 is 0 Å². The van der Waals surface area contributed by atoms with Crippen molar-refractivity contribution in [1.29, 1.82) is 0 Å². The number of aliphatic imine (C=N–C) groups is 2. The second-order valence-corrected chi connectivity index (χ2v) is 3.01. The fourth-order valence-electron chi connectivity index (χ4n) is 0.820. The molecule has 0 aliphatic carbocycles. The Balaban J connectivity index is 0. The third-order valence-electron chi connectivity index (χ3n) is 1.63. The van der Waals surface area contributed by atoms with Crippen LogP contribution in [0.4, 0.5) is 0 Å². The molecule has 15 heavy (non-hydrogen) atoms. The summed E-state index contributed by atoms with van der Waals surface area (Å²) in [6.07, 6.45) is 8.90. The molecule has 0 aromatic heterocycles. The Morgan fingerprint density at radius 1 is 0.800 bits per heavy atom. The molecule has 4 heteroatoms. The number of isocyanates is 2. The van der Waals surface area contributed by atoms with Gasteiger partial charge in [-0.3, -0.25) is 0 Å². The molecule has 0 amide bonds. The van der Waals surface area contributed by atoms with Crippen LogP contribution in [-0.4, -0.2) is 25.2 Å². The molecule has 0 saturated heterocycles. The summed E-state index contributed by atoms with van der Waals surface area (Å²) in [4.78, 5) is 25.4. The number of nitrogens with zero attached hydrogens (tertiary/aromatic N) is 2. The molecule has 0 heterocycles. The first-order valence-electron chi connectivity index (χ1n) is 5.40. The maximum Gasteiger partial charge on any atom is 0.234 e. The van der Waals surface area contributed by atoms with E-state index in [1.807, 2.05) is 0 Å². The lowest BCUT2D eigenvalue weighted by atomic mass is 10.2. The fraction of sp³-hybridized carbons (Fsp3) is 0.818. The molecule has 0 saturated carbocycles. The van der Waals surface area contributed by atoms with Crippen LogP contribution in [0.1, 0.15) is 46.0 Å². The van der Waals surface area contributed by atoms with Crippen molar-refractivity contribution in [2.24, 2.45) is 9.98 Å². The lowest BCUT2D eigenvalue weighted by Crippen LogP contribution is -1.83. The van der Waals surface area contributed by atoms with Crippen molar-refractivity contribution < 1.29 is 9.59 Å². The molecule has 0 bridgehead atoms. The van der Waals surface area contributed by atoms with Crippen LogP contribution in [0.2, 0.25) is 0 Å². The van der Waals surface area contributed by atoms with Crippen LogP contribution in [0.3, 0.4) is 0 Å². The van der Waals surface area contributed by atoms with E-state index in [1.54, 1.807) is 0 Å². The second-order valence-electron chi connectivity index (χ2n) is 3.01. The molecule has 0 fully saturated rings. The van der Waals surface area contributed by atoms with Crippen LogP contribution >= 0.6 is 0 Å². The highest BCUT2D eigenvalue weighted by Crippen LogP contribution is 1.95. The maximum atomic E-state index is 9.44. The summed E-state index contributed by atoms with van der Waals surface area (Å²) in [6.45, 7) is 5.23. The van der Waals surface area contributed by atoms with Gasteiger partial charge in [0.25, 0.3) is 0 Å². The molecule has 0 aromatic rings. The zero-order valence-electron chi connectivity index (χ0n) is 9.66. The van der Waals surface area contributed by atoms with E-state index in [1.165, 1.54) is 37.8 Å². The van der Waals surface area contributed by atoms with Crippen molar-refractivity contribution in [2.75, 3.05) is 13.1 Å². The lowest BCUT2D eigenvalue weighted by molar-refractivity contribution is 0.561. The first-order chi connectivity index (χ1) is 7.33. The normalized spacial score (nSPS) is 7.87. The zero-order valence-corrected chi connectivity index (χ0v) is 9.66. The minimum atomic E-state index is 0.384. The van der Waals surface area contributed by atoms with Crippen LogP contribution < -0.4 is 0 Å². The van der Waals surface area contributed by atoms with E-state index >= 15 is 0 Å². The Morgan fingerprint density at radius 2 is 1.20 bits per heavy atom. The molecular formula is C11H20N2O2. The van der Waals surface area contributed by atoms with Crippen LogP contribution in [0.15, 0.2) is 9.98 Å². The molecule has 86 valence electrons. The van der Waals surface area contributed by atoms with E-state index in [4.69, 9.17) is 0 Å². The predicted molar refractivity (Wildman–Crippen MR) is 60.4 cm³/mol. The number of unbranched alkanes of at least 4 members (excludes halogenated alkanes) is 3. The van der Waals surface area contributed by atoms with Gasteiger partial charge < -0.3 is 0 Å². The summed E-state index contributed by atoms with van der Waals surface area (Å²) in [5, 5.41) is 0. The highest BCUT2D eigenvalue weighted by atomic mass is 16.1. The van der Waals surface area contributed by atoms with Gasteiger partial charge in [-0.2, -0.15) is 0 Å². The third-order valence-corrected chi connectivity index (χ3v) is 1.63. The van der Waals surface area contributed by atoms with Gasteiger partial charge in [-0.15, -0.1) is 0 Å². The lowest BCUT2D eigenvalue weighted by Gasteiger charge is -1.86. The van der Waals surface area contributed by atoms with Gasteiger partial charge in [-0.1, -0.05) is 39.5 Å². The molecule has 0 radical (unpaired) electrons. The number of hydrogen-bond acceptors (Lipinski definition) is 4. The highest BCUT2D eigenvalue weighted by molar-refractivity contribution is 5.33. The molecule has 0 unspecified atom stereocenters. The molecule has 0 spiro atoms. The fourth-order valence-corrected chi connectivity index (χ4v) is 0.820. The number of hydrogen-bond donors (Lipinski definition) is 0. The van der Waals surface area contributed by atoms with Crippen molar-refractivity contribution >= 4 is 12.2 Å². The van der Waals surface area contributed by atoms with E-state index in [-0.39, 0.29) is 0 Å². The monoisotopic (exact) mass is 212 g/mol. The van der Waals surface area contributed by atoms with Crippen molar-refractivity contribution in [3.8, 4) is 0 Å². The van der Waals surface area contributed by atoms with Crippen LogP contribution in [0, 0.1) is 0 Å². The molecule has 0 aliphatic rings. The number of carbonyl (C=O) groups excluding carboxylic acids is 2. The van der Waals surface area contributed by atoms with Gasteiger partial charge in [0.15, 0.2) is 0 Å². The van der Waals surface area contributed by atoms with Gasteiger partial charge in [-0.05, 0) is 6.42 Å². The average Bonchev–Trinajstić information content (AvgIpc) is 2.27. The molecule has 0 rings (SSSR count). The number of rotatable bonds is 7. The summed E-state index contributed by atoms with van der Waals surface area (Å²) in [6, 6.07) is 0. The summed E-state index contributed by atoms with van der Waals surface area (Å²) in [7, 11) is 0. The molecule has 0 N–H and O–H groups in total. The second kappa shape index (κ2) is 18.5. The van der Waals surface area contributed by atoms with E-state index in [2.05, 4.69) is 23.8 Å². The molecular weight excluding hydrogens is 192 g/mol. The maximum absolute atomic E-state index is 9.44. The van der Waals surface area contributed by atoms with Crippen molar-refractivity contribution in [3.05, 3.63) is 0 Å². The highest BCUT2D eigenvalue weighted by Gasteiger charge is 1.79. The Hall–Kier alpha value is -1.24. The van der Waals surface area contributed by atoms with Gasteiger partial charge in [0.05, 0.1) is 13.1 Å². The Morgan fingerprint density at radius 3 is 1.47 bits per heavy atom. The Kier molecular flexibility index (Phi) is 20.0. The summed E-state index contributed by atoms with van der Waals surface area (Å²) >= 11 is 0. The summed E-state index contributed by atoms with van der Waals surface area (Å²) in [5.41, 5.74) is 0. The molecule has 0 aromatic carbocycles. The largest absolute Gasteiger partial charge is 0.234 e. The van der Waals surface area contributed by atoms with Crippen LogP contribution in [0.5, 0.6) is 0 Å². The van der Waals surface area contributed by atoms with Gasteiger partial charge in [0, 0.05) is 0 Å². The predicted octanol–water partition coefficient (Wildman–Crippen LogP) is 2.63. The van der Waals surface area contributed by atoms with Crippen molar-refractivity contribution in [2.45, 2.75) is 46.0 Å². The quantitative estimate of drug-likeness (QED) is 0.370. The molecule has 0 atom stereocenters. The average molecular weight is 212 g/mol. The van der Waals surface area contributed by atoms with E-state index < -0.39 is 0 Å². The Labute approximate surface area is 91.5 Å². The molecule has 4 nitrogen and oxygen atoms in total. The minimum Gasteiger partial charge on any atom is -0.211 e. The Bertz CT molecular complexity index is 183. The van der Waals surface area contributed by atoms with E-state index in [0.29, 0.717) is 19.5 Å². The van der Waals surface area contributed by atoms with Gasteiger partial charge in [0.2, 0.25) is 12.2 Å². The topological polar surface area (TPSA) is 58.9 Å². The van der Waals surface area contributed by atoms with E-state index in [9.17, 15) is 9.59 Å². The van der Waals surface area contributed by atoms with Crippen LogP contribution in [0.25, 0.3) is 0 Å². The molecule has 0 aliphatic heterocycles. The van der Waals surface area contributed by atoms with E-state index in [0.717, 1.165) is 0 Å². The first kappa shape index (κ1) is 16.2. The SMILES string of the molecule is CCCCCC.O=C=NCCCN=C=O. The van der Waals surface area contributed by atoms with Crippen molar-refractivity contribution in [3.63, 3.8) is 0 Å². The minimum absolute atomic E-state index is 0.384. The smallest absolute Gasteiger partial charge is 0.211 e. The zero-order chi connectivity index (χ0) is 11.8. The third kappa shape index (κ3) is 24.5. The summed E-state index contributed by atoms with van der Waals surface area (Å²) < 4.78 is 0. The summed E-state index contributed by atoms with van der Waals surface area (Å²) in [5.74, 6) is 0. The first-order valence-corrected chi connectivity index (χ1v) is 5.40.